The molecule has 0 aliphatic rings. The minimum absolute atomic E-state index is 0.142. The molecule has 0 aliphatic carbocycles. The number of ether oxygens (including phenoxy) is 1. The second kappa shape index (κ2) is 11.6. The molecule has 0 unspecified atom stereocenters. The van der Waals surface area contributed by atoms with E-state index in [4.69, 9.17) is 4.74 Å². The van der Waals surface area contributed by atoms with E-state index in [-0.39, 0.29) is 5.75 Å². The second-order valence-electron chi connectivity index (χ2n) is 4.52. The zero-order chi connectivity index (χ0) is 14.6. The summed E-state index contributed by atoms with van der Waals surface area (Å²) in [7, 11) is 0.0285. The van der Waals surface area contributed by atoms with Crippen LogP contribution < -0.4 is 10.6 Å². The first-order valence-electron chi connectivity index (χ1n) is 6.90. The summed E-state index contributed by atoms with van der Waals surface area (Å²) in [4.78, 5) is 0. The molecule has 0 heterocycles. The average Bonchev–Trinajstić information content (AvgIpc) is 2.35. The molecule has 0 saturated carbocycles. The largest absolute Gasteiger partial charge is 0.381 e. The first-order chi connectivity index (χ1) is 9.00. The third-order valence-corrected chi connectivity index (χ3v) is 4.46. The molecule has 0 atom stereocenters. The Morgan fingerprint density at radius 3 is 2.11 bits per heavy atom. The molecule has 7 heteroatoms. The van der Waals surface area contributed by atoms with Crippen molar-refractivity contribution in [3.05, 3.63) is 0 Å². The highest BCUT2D eigenvalue weighted by Crippen LogP contribution is 1.92. The van der Waals surface area contributed by atoms with Gasteiger partial charge >= 0.3 is 0 Å². The monoisotopic (exact) mass is 295 g/mol. The summed E-state index contributed by atoms with van der Waals surface area (Å²) in [5, 5.41) is 6.35. The van der Waals surface area contributed by atoms with E-state index in [1.165, 1.54) is 4.31 Å². The fourth-order valence-corrected chi connectivity index (χ4v) is 2.15. The van der Waals surface area contributed by atoms with Gasteiger partial charge in [0.05, 0.1) is 5.75 Å². The lowest BCUT2D eigenvalue weighted by atomic mass is 10.4. The van der Waals surface area contributed by atoms with Crippen LogP contribution in [0.5, 0.6) is 0 Å². The van der Waals surface area contributed by atoms with Crippen molar-refractivity contribution in [2.75, 3.05) is 59.2 Å². The predicted octanol–water partition coefficient (Wildman–Crippen LogP) is -0.126. The molecule has 0 amide bonds. The Hall–Kier alpha value is -0.210. The Bertz CT molecular complexity index is 295. The summed E-state index contributed by atoms with van der Waals surface area (Å²) in [6.07, 6.45) is 1.94. The maximum Gasteiger partial charge on any atom is 0.214 e. The first-order valence-corrected chi connectivity index (χ1v) is 8.51. The fraction of sp³-hybridized carbons (Fsp3) is 1.00. The van der Waals surface area contributed by atoms with E-state index in [2.05, 4.69) is 17.6 Å². The van der Waals surface area contributed by atoms with E-state index in [0.717, 1.165) is 45.7 Å². The van der Waals surface area contributed by atoms with Gasteiger partial charge < -0.3 is 15.4 Å². The van der Waals surface area contributed by atoms with E-state index in [9.17, 15) is 8.42 Å². The summed E-state index contributed by atoms with van der Waals surface area (Å²) in [6.45, 7) is 6.86. The molecule has 6 nitrogen and oxygen atoms in total. The smallest absolute Gasteiger partial charge is 0.214 e. The van der Waals surface area contributed by atoms with E-state index in [1.807, 2.05) is 0 Å². The highest BCUT2D eigenvalue weighted by molar-refractivity contribution is 7.89. The third-order valence-electron chi connectivity index (χ3n) is 2.63. The van der Waals surface area contributed by atoms with Crippen LogP contribution in [0.15, 0.2) is 0 Å². The molecule has 0 spiro atoms. The van der Waals surface area contributed by atoms with Crippen molar-refractivity contribution >= 4 is 10.0 Å². The third kappa shape index (κ3) is 11.3. The second-order valence-corrected chi connectivity index (χ2v) is 6.82. The van der Waals surface area contributed by atoms with Gasteiger partial charge in [0.1, 0.15) is 0 Å². The molecule has 0 aliphatic heterocycles. The van der Waals surface area contributed by atoms with Gasteiger partial charge in [0.25, 0.3) is 0 Å². The van der Waals surface area contributed by atoms with Gasteiger partial charge in [-0.2, -0.15) is 0 Å². The Morgan fingerprint density at radius 1 is 1.00 bits per heavy atom. The van der Waals surface area contributed by atoms with E-state index in [1.54, 1.807) is 14.1 Å². The van der Waals surface area contributed by atoms with E-state index < -0.39 is 10.0 Å². The van der Waals surface area contributed by atoms with Gasteiger partial charge in [-0.25, -0.2) is 12.7 Å². The molecule has 0 rings (SSSR count). The van der Waals surface area contributed by atoms with Gasteiger partial charge in [0.15, 0.2) is 0 Å². The number of nitrogens with zero attached hydrogens (tertiary/aromatic N) is 1. The molecule has 2 N–H and O–H groups in total. The summed E-state index contributed by atoms with van der Waals surface area (Å²) >= 11 is 0. The van der Waals surface area contributed by atoms with Crippen molar-refractivity contribution in [3.63, 3.8) is 0 Å². The van der Waals surface area contributed by atoms with E-state index >= 15 is 0 Å². The fourth-order valence-electron chi connectivity index (χ4n) is 1.39. The van der Waals surface area contributed by atoms with Crippen LogP contribution in [0.1, 0.15) is 19.8 Å². The van der Waals surface area contributed by atoms with Crippen molar-refractivity contribution in [1.29, 1.82) is 0 Å². The Morgan fingerprint density at radius 2 is 1.58 bits per heavy atom. The summed E-state index contributed by atoms with van der Waals surface area (Å²) in [6, 6.07) is 0. The predicted molar refractivity (Wildman–Crippen MR) is 78.9 cm³/mol. The number of sulfonamides is 1. The normalized spacial score (nSPS) is 12.2. The Labute approximate surface area is 117 Å². The number of rotatable bonds is 13. The van der Waals surface area contributed by atoms with Gasteiger partial charge in [-0.3, -0.25) is 0 Å². The molecule has 116 valence electrons. The molecule has 0 radical (unpaired) electrons. The van der Waals surface area contributed by atoms with Crippen molar-refractivity contribution < 1.29 is 13.2 Å². The number of nitrogens with one attached hydrogen (secondary N) is 2. The lowest BCUT2D eigenvalue weighted by Gasteiger charge is -2.11. The van der Waals surface area contributed by atoms with Gasteiger partial charge in [0.2, 0.25) is 10.0 Å². The molecule has 0 aromatic rings. The van der Waals surface area contributed by atoms with Crippen molar-refractivity contribution in [2.45, 2.75) is 19.8 Å². The van der Waals surface area contributed by atoms with Crippen molar-refractivity contribution in [1.82, 2.24) is 14.9 Å². The van der Waals surface area contributed by atoms with Crippen LogP contribution in [0, 0.1) is 0 Å². The lowest BCUT2D eigenvalue weighted by molar-refractivity contribution is 0.129. The lowest BCUT2D eigenvalue weighted by Crippen LogP contribution is -2.31. The SMILES string of the molecule is CCNCCCOCCCNCCS(=O)(=O)N(C)C. The molecule has 19 heavy (non-hydrogen) atoms. The maximum absolute atomic E-state index is 11.4. The summed E-state index contributed by atoms with van der Waals surface area (Å²) < 4.78 is 29.6. The quantitative estimate of drug-likeness (QED) is 0.463. The van der Waals surface area contributed by atoms with Crippen LogP contribution in [0.2, 0.25) is 0 Å². The van der Waals surface area contributed by atoms with Crippen LogP contribution in [0.4, 0.5) is 0 Å². The number of hydrogen-bond acceptors (Lipinski definition) is 5. The van der Waals surface area contributed by atoms with Gasteiger partial charge in [0, 0.05) is 33.9 Å². The van der Waals surface area contributed by atoms with Gasteiger partial charge in [-0.05, 0) is 32.5 Å². The summed E-state index contributed by atoms with van der Waals surface area (Å²) in [5.74, 6) is 0.142. The van der Waals surface area contributed by atoms with Crippen molar-refractivity contribution in [3.8, 4) is 0 Å². The van der Waals surface area contributed by atoms with Crippen LogP contribution in [-0.2, 0) is 14.8 Å². The van der Waals surface area contributed by atoms with Crippen LogP contribution in [0.3, 0.4) is 0 Å². The molecule has 0 bridgehead atoms. The van der Waals surface area contributed by atoms with Crippen LogP contribution in [0.25, 0.3) is 0 Å². The topological polar surface area (TPSA) is 70.7 Å². The molecule has 0 fully saturated rings. The standard InChI is InChI=1S/C12H29N3O3S/c1-4-13-7-5-10-18-11-6-8-14-9-12-19(16,17)15(2)3/h13-14H,4-12H2,1-3H3. The van der Waals surface area contributed by atoms with E-state index in [0.29, 0.717) is 6.54 Å². The summed E-state index contributed by atoms with van der Waals surface area (Å²) in [5.41, 5.74) is 0. The highest BCUT2D eigenvalue weighted by Gasteiger charge is 2.11. The molecular weight excluding hydrogens is 266 g/mol. The van der Waals surface area contributed by atoms with Crippen molar-refractivity contribution in [2.24, 2.45) is 0 Å². The molecular formula is C12H29N3O3S. The zero-order valence-electron chi connectivity index (χ0n) is 12.4. The Kier molecular flexibility index (Phi) is 11.5. The molecule has 0 aromatic carbocycles. The van der Waals surface area contributed by atoms with Crippen LogP contribution >= 0.6 is 0 Å². The first kappa shape index (κ1) is 18.8. The Balaban J connectivity index is 3.24. The van der Waals surface area contributed by atoms with Crippen LogP contribution in [-0.4, -0.2) is 72.0 Å². The molecule has 0 aromatic heterocycles. The molecule has 0 saturated heterocycles. The highest BCUT2D eigenvalue weighted by atomic mass is 32.2. The van der Waals surface area contributed by atoms with Gasteiger partial charge in [-0.1, -0.05) is 6.92 Å². The minimum Gasteiger partial charge on any atom is -0.381 e. The van der Waals surface area contributed by atoms with Gasteiger partial charge in [-0.15, -0.1) is 0 Å². The zero-order valence-corrected chi connectivity index (χ0v) is 13.3. The maximum atomic E-state index is 11.4. The average molecular weight is 295 g/mol. The number of hydrogen-bond donors (Lipinski definition) is 2. The minimum atomic E-state index is -3.08.